The number of rotatable bonds is 8. The van der Waals surface area contributed by atoms with E-state index in [-0.39, 0.29) is 16.6 Å². The molecule has 0 fully saturated rings. The molecule has 1 heterocycles. The van der Waals surface area contributed by atoms with E-state index in [2.05, 4.69) is 15.5 Å². The number of ether oxygens (including phenoxy) is 1. The van der Waals surface area contributed by atoms with Gasteiger partial charge in [0.1, 0.15) is 6.07 Å². The van der Waals surface area contributed by atoms with Crippen molar-refractivity contribution in [2.24, 2.45) is 0 Å². The Kier molecular flexibility index (Phi) is 7.26. The summed E-state index contributed by atoms with van der Waals surface area (Å²) in [5.41, 5.74) is 0.504. The number of aromatic nitrogens is 3. The molecule has 8 nitrogen and oxygen atoms in total. The molecule has 1 atom stereocenters. The van der Waals surface area contributed by atoms with Crippen molar-refractivity contribution in [3.8, 4) is 6.07 Å². The summed E-state index contributed by atoms with van der Waals surface area (Å²) in [6, 6.07) is 6.62. The number of carbonyl (C=O) groups excluding carboxylic acids is 1. The van der Waals surface area contributed by atoms with Crippen LogP contribution < -0.4 is 11.0 Å². The number of halogens is 1. The molecule has 10 heteroatoms. The van der Waals surface area contributed by atoms with Crippen LogP contribution in [0.15, 0.2) is 28.2 Å². The Bertz CT molecular complexity index is 874. The third-order valence-electron chi connectivity index (χ3n) is 3.46. The molecule has 1 aromatic heterocycles. The Balaban J connectivity index is 2.02. The summed E-state index contributed by atoms with van der Waals surface area (Å²) in [6.45, 7) is 2.69. The molecule has 0 unspecified atom stereocenters. The molecule has 1 amide bonds. The van der Waals surface area contributed by atoms with E-state index in [1.54, 1.807) is 20.1 Å². The quantitative estimate of drug-likeness (QED) is 0.523. The lowest BCUT2D eigenvalue weighted by molar-refractivity contribution is -0.115. The van der Waals surface area contributed by atoms with Crippen molar-refractivity contribution in [1.29, 1.82) is 5.26 Å². The number of H-pyrrole nitrogens is 1. The van der Waals surface area contributed by atoms with Crippen LogP contribution in [-0.2, 0) is 16.1 Å². The molecule has 0 bridgehead atoms. The van der Waals surface area contributed by atoms with Gasteiger partial charge >= 0.3 is 5.69 Å². The molecule has 0 radical (unpaired) electrons. The first-order chi connectivity index (χ1) is 12.5. The van der Waals surface area contributed by atoms with Gasteiger partial charge in [-0.25, -0.2) is 9.89 Å². The summed E-state index contributed by atoms with van der Waals surface area (Å²) in [7, 11) is 1.59. The normalized spacial score (nSPS) is 11.8. The van der Waals surface area contributed by atoms with Crippen LogP contribution in [0.1, 0.15) is 18.9 Å². The van der Waals surface area contributed by atoms with Crippen LogP contribution in [0, 0.1) is 11.3 Å². The second-order valence-corrected chi connectivity index (χ2v) is 7.08. The predicted octanol–water partition coefficient (Wildman–Crippen LogP) is 2.25. The molecule has 2 N–H and O–H groups in total. The second kappa shape index (κ2) is 9.43. The number of hydrogen-bond donors (Lipinski definition) is 2. The van der Waals surface area contributed by atoms with E-state index in [0.717, 1.165) is 0 Å². The third kappa shape index (κ3) is 5.11. The average Bonchev–Trinajstić information content (AvgIpc) is 2.95. The summed E-state index contributed by atoms with van der Waals surface area (Å²) in [6.07, 6.45) is 0.661. The predicted molar refractivity (Wildman–Crippen MR) is 99.5 cm³/mol. The summed E-state index contributed by atoms with van der Waals surface area (Å²) in [5.74, 6) is -0.269. The molecule has 1 aromatic carbocycles. The Morgan fingerprint density at radius 1 is 1.58 bits per heavy atom. The molecule has 2 aromatic rings. The van der Waals surface area contributed by atoms with Crippen LogP contribution in [-0.4, -0.2) is 39.6 Å². The molecule has 0 aliphatic rings. The van der Waals surface area contributed by atoms with Crippen molar-refractivity contribution in [2.45, 2.75) is 30.3 Å². The number of aromatic amines is 1. The summed E-state index contributed by atoms with van der Waals surface area (Å²) in [5, 5.41) is 18.2. The topological polar surface area (TPSA) is 113 Å². The number of nitrogens with zero attached hydrogens (tertiary/aromatic N) is 3. The van der Waals surface area contributed by atoms with Crippen molar-refractivity contribution >= 4 is 35.0 Å². The van der Waals surface area contributed by atoms with Gasteiger partial charge in [-0.05, 0) is 31.5 Å². The molecule has 0 saturated heterocycles. The number of amides is 1. The first-order valence-corrected chi connectivity index (χ1v) is 9.03. The zero-order valence-corrected chi connectivity index (χ0v) is 15.9. The molecular formula is C16H18ClN5O3S. The van der Waals surface area contributed by atoms with Crippen molar-refractivity contribution in [3.63, 3.8) is 0 Å². The van der Waals surface area contributed by atoms with E-state index < -0.39 is 5.25 Å². The van der Waals surface area contributed by atoms with Gasteiger partial charge < -0.3 is 10.1 Å². The maximum absolute atomic E-state index is 12.4. The number of methoxy groups -OCH3 is 1. The van der Waals surface area contributed by atoms with Crippen LogP contribution in [0.2, 0.25) is 5.02 Å². The lowest BCUT2D eigenvalue weighted by Gasteiger charge is -2.12. The third-order valence-corrected chi connectivity index (χ3v) is 4.86. The fourth-order valence-electron chi connectivity index (χ4n) is 2.10. The number of benzene rings is 1. The van der Waals surface area contributed by atoms with Gasteiger partial charge in [0.15, 0.2) is 5.16 Å². The summed E-state index contributed by atoms with van der Waals surface area (Å²) < 4.78 is 6.46. The maximum Gasteiger partial charge on any atom is 0.343 e. The van der Waals surface area contributed by atoms with Gasteiger partial charge in [0.2, 0.25) is 5.91 Å². The van der Waals surface area contributed by atoms with Gasteiger partial charge in [0, 0.05) is 25.9 Å². The monoisotopic (exact) mass is 395 g/mol. The highest BCUT2D eigenvalue weighted by molar-refractivity contribution is 8.00. The van der Waals surface area contributed by atoms with Crippen LogP contribution in [0.3, 0.4) is 0 Å². The van der Waals surface area contributed by atoms with Crippen molar-refractivity contribution < 1.29 is 9.53 Å². The fourth-order valence-corrected chi connectivity index (χ4v) is 3.20. The summed E-state index contributed by atoms with van der Waals surface area (Å²) in [4.78, 5) is 24.2. The largest absolute Gasteiger partial charge is 0.385 e. The zero-order valence-electron chi connectivity index (χ0n) is 14.3. The highest BCUT2D eigenvalue weighted by Gasteiger charge is 2.19. The number of carbonyl (C=O) groups is 1. The number of anilines is 1. The number of nitrogens with one attached hydrogen (secondary N) is 2. The Morgan fingerprint density at radius 3 is 3.00 bits per heavy atom. The molecule has 2 rings (SSSR count). The van der Waals surface area contributed by atoms with E-state index >= 15 is 0 Å². The maximum atomic E-state index is 12.4. The van der Waals surface area contributed by atoms with Crippen LogP contribution >= 0.6 is 23.4 Å². The minimum absolute atomic E-state index is 0.268. The van der Waals surface area contributed by atoms with Gasteiger partial charge in [0.25, 0.3) is 0 Å². The lowest BCUT2D eigenvalue weighted by Crippen LogP contribution is -2.24. The SMILES string of the molecule is COCCCn1c(S[C@H](C)C(=O)Nc2ccc(C#N)c(Cl)c2)n[nH]c1=O. The van der Waals surface area contributed by atoms with Gasteiger partial charge in [-0.3, -0.25) is 9.36 Å². The van der Waals surface area contributed by atoms with Crippen molar-refractivity contribution in [1.82, 2.24) is 14.8 Å². The molecule has 0 saturated carbocycles. The second-order valence-electron chi connectivity index (χ2n) is 5.37. The van der Waals surface area contributed by atoms with Gasteiger partial charge in [-0.15, -0.1) is 5.10 Å². The van der Waals surface area contributed by atoms with E-state index in [9.17, 15) is 9.59 Å². The molecule has 0 spiro atoms. The Morgan fingerprint density at radius 2 is 2.35 bits per heavy atom. The van der Waals surface area contributed by atoms with Crippen LogP contribution in [0.4, 0.5) is 5.69 Å². The minimum atomic E-state index is -0.499. The summed E-state index contributed by atoms with van der Waals surface area (Å²) >= 11 is 7.14. The van der Waals surface area contributed by atoms with Gasteiger partial charge in [-0.1, -0.05) is 23.4 Å². The number of thioether (sulfide) groups is 1. The van der Waals surface area contributed by atoms with Gasteiger partial charge in [-0.2, -0.15) is 5.26 Å². The van der Waals surface area contributed by atoms with Crippen LogP contribution in [0.25, 0.3) is 0 Å². The smallest absolute Gasteiger partial charge is 0.343 e. The van der Waals surface area contributed by atoms with E-state index in [4.69, 9.17) is 21.6 Å². The van der Waals surface area contributed by atoms with Crippen molar-refractivity contribution in [3.05, 3.63) is 39.3 Å². The highest BCUT2D eigenvalue weighted by Crippen LogP contribution is 2.23. The number of hydrogen-bond acceptors (Lipinski definition) is 6. The molecule has 0 aliphatic carbocycles. The van der Waals surface area contributed by atoms with Crippen LogP contribution in [0.5, 0.6) is 0 Å². The minimum Gasteiger partial charge on any atom is -0.385 e. The van der Waals surface area contributed by atoms with E-state index in [1.165, 1.54) is 28.5 Å². The molecule has 138 valence electrons. The average molecular weight is 396 g/mol. The van der Waals surface area contributed by atoms with E-state index in [1.807, 2.05) is 6.07 Å². The Hall–Kier alpha value is -2.28. The molecular weight excluding hydrogens is 378 g/mol. The lowest BCUT2D eigenvalue weighted by atomic mass is 10.2. The number of nitriles is 1. The zero-order chi connectivity index (χ0) is 19.1. The molecule has 0 aliphatic heterocycles. The fraction of sp³-hybridized carbons (Fsp3) is 0.375. The first-order valence-electron chi connectivity index (χ1n) is 7.77. The van der Waals surface area contributed by atoms with Gasteiger partial charge in [0.05, 0.1) is 15.8 Å². The Labute approximate surface area is 159 Å². The van der Waals surface area contributed by atoms with Crippen molar-refractivity contribution in [2.75, 3.05) is 19.0 Å². The first kappa shape index (κ1) is 20.0. The van der Waals surface area contributed by atoms with E-state index in [0.29, 0.717) is 36.0 Å². The standard InChI is InChI=1S/C16H18ClN5O3S/c1-10(14(23)19-12-5-4-11(9-18)13(17)8-12)26-16-21-20-15(24)22(16)6-3-7-25-2/h4-5,8,10H,3,6-7H2,1-2H3,(H,19,23)(H,20,24)/t10-/m1/s1. The highest BCUT2D eigenvalue weighted by atomic mass is 35.5. The molecule has 26 heavy (non-hydrogen) atoms.